The fourth-order valence-corrected chi connectivity index (χ4v) is 4.84. The molecule has 1 N–H and O–H groups in total. The minimum Gasteiger partial charge on any atom is -0.341 e. The molecule has 150 valence electrons. The first-order chi connectivity index (χ1) is 14.1. The third-order valence-corrected chi connectivity index (χ3v) is 6.52. The van der Waals surface area contributed by atoms with Crippen molar-refractivity contribution in [2.24, 2.45) is 0 Å². The van der Waals surface area contributed by atoms with Crippen molar-refractivity contribution >= 4 is 17.4 Å². The molecular weight excluding hydrogens is 362 g/mol. The lowest BCUT2D eigenvalue weighted by atomic mass is 9.84. The van der Waals surface area contributed by atoms with E-state index >= 15 is 0 Å². The molecule has 6 heteroatoms. The number of hydrogen-bond donors (Lipinski definition) is 1. The lowest BCUT2D eigenvalue weighted by Gasteiger charge is -2.47. The van der Waals surface area contributed by atoms with Gasteiger partial charge in [0.05, 0.1) is 0 Å². The first-order valence-corrected chi connectivity index (χ1v) is 10.5. The van der Waals surface area contributed by atoms with E-state index in [9.17, 15) is 4.79 Å². The van der Waals surface area contributed by atoms with Gasteiger partial charge in [-0.3, -0.25) is 4.79 Å². The number of piperazine rings is 1. The van der Waals surface area contributed by atoms with Gasteiger partial charge in [0.2, 0.25) is 11.9 Å². The highest BCUT2D eigenvalue weighted by atomic mass is 16.2. The number of carbonyl (C=O) groups is 1. The van der Waals surface area contributed by atoms with E-state index < -0.39 is 5.54 Å². The van der Waals surface area contributed by atoms with Crippen LogP contribution in [0, 0.1) is 6.92 Å². The van der Waals surface area contributed by atoms with Crippen LogP contribution in [0.1, 0.15) is 29.7 Å². The van der Waals surface area contributed by atoms with Crippen LogP contribution < -0.4 is 10.2 Å². The van der Waals surface area contributed by atoms with E-state index in [0.29, 0.717) is 6.54 Å². The minimum atomic E-state index is -0.447. The second-order valence-electron chi connectivity index (χ2n) is 8.31. The molecule has 1 amide bonds. The summed E-state index contributed by atoms with van der Waals surface area (Å²) < 4.78 is 0. The van der Waals surface area contributed by atoms with E-state index in [-0.39, 0.29) is 5.91 Å². The summed E-state index contributed by atoms with van der Waals surface area (Å²) in [4.78, 5) is 26.7. The number of rotatable bonds is 3. The quantitative estimate of drug-likeness (QED) is 0.872. The van der Waals surface area contributed by atoms with Gasteiger partial charge in [0.15, 0.2) is 0 Å². The number of allylic oxidation sites excluding steroid dienone is 1. The largest absolute Gasteiger partial charge is 0.341 e. The summed E-state index contributed by atoms with van der Waals surface area (Å²) in [6.07, 6.45) is 6.64. The van der Waals surface area contributed by atoms with Crippen LogP contribution in [0.25, 0.3) is 5.57 Å². The number of aryl methyl sites for hydroxylation is 1. The highest BCUT2D eigenvalue weighted by Gasteiger charge is 2.46. The molecule has 3 heterocycles. The summed E-state index contributed by atoms with van der Waals surface area (Å²) in [6, 6.07) is 10.4. The van der Waals surface area contributed by atoms with Crippen LogP contribution in [0.4, 0.5) is 5.95 Å². The molecule has 0 saturated carbocycles. The molecule has 0 radical (unpaired) electrons. The Kier molecular flexibility index (Phi) is 4.59. The van der Waals surface area contributed by atoms with Gasteiger partial charge in [0, 0.05) is 44.6 Å². The maximum Gasteiger partial charge on any atom is 0.243 e. The molecular formula is C23H27N5O. The van der Waals surface area contributed by atoms with Gasteiger partial charge in [0.25, 0.3) is 0 Å². The number of benzene rings is 1. The van der Waals surface area contributed by atoms with Crippen molar-refractivity contribution in [3.05, 3.63) is 59.4 Å². The number of anilines is 1. The summed E-state index contributed by atoms with van der Waals surface area (Å²) in [5.74, 6) is 1.02. The molecule has 29 heavy (non-hydrogen) atoms. The van der Waals surface area contributed by atoms with E-state index in [4.69, 9.17) is 0 Å². The summed E-state index contributed by atoms with van der Waals surface area (Å²) in [6.45, 7) is 5.90. The Labute approximate surface area is 171 Å². The Morgan fingerprint density at radius 3 is 2.79 bits per heavy atom. The van der Waals surface area contributed by atoms with E-state index in [1.165, 1.54) is 16.7 Å². The third kappa shape index (κ3) is 3.31. The molecule has 5 rings (SSSR count). The number of aromatic nitrogens is 2. The van der Waals surface area contributed by atoms with Crippen molar-refractivity contribution in [3.8, 4) is 0 Å². The number of carbonyl (C=O) groups excluding carboxylic acids is 1. The maximum absolute atomic E-state index is 13.5. The normalized spacial score (nSPS) is 20.7. The lowest BCUT2D eigenvalue weighted by Crippen LogP contribution is -2.67. The molecule has 1 spiro atoms. The van der Waals surface area contributed by atoms with Crippen LogP contribution in [0.2, 0.25) is 0 Å². The topological polar surface area (TPSA) is 61.4 Å². The monoisotopic (exact) mass is 389 g/mol. The third-order valence-electron chi connectivity index (χ3n) is 6.52. The van der Waals surface area contributed by atoms with Crippen LogP contribution in [0.15, 0.2) is 42.6 Å². The maximum atomic E-state index is 13.5. The average Bonchev–Trinajstić information content (AvgIpc) is 3.15. The Balaban J connectivity index is 1.28. The van der Waals surface area contributed by atoms with Crippen LogP contribution in [-0.4, -0.2) is 59.0 Å². The highest BCUT2D eigenvalue weighted by Crippen LogP contribution is 2.32. The van der Waals surface area contributed by atoms with Gasteiger partial charge in [-0.25, -0.2) is 9.97 Å². The molecule has 2 fully saturated rings. The second kappa shape index (κ2) is 7.26. The molecule has 0 atom stereocenters. The Morgan fingerprint density at radius 1 is 1.14 bits per heavy atom. The Hall–Kier alpha value is -2.73. The summed E-state index contributed by atoms with van der Waals surface area (Å²) in [5, 5.41) is 3.56. The molecule has 0 unspecified atom stereocenters. The van der Waals surface area contributed by atoms with Crippen molar-refractivity contribution in [2.75, 3.05) is 37.6 Å². The number of nitrogens with one attached hydrogen (secondary N) is 1. The van der Waals surface area contributed by atoms with Crippen molar-refractivity contribution in [1.29, 1.82) is 0 Å². The fourth-order valence-electron chi connectivity index (χ4n) is 4.84. The molecule has 2 aromatic rings. The van der Waals surface area contributed by atoms with E-state index in [1.807, 2.05) is 13.0 Å². The SMILES string of the molecule is Cc1ccnc(N2CCC3(CC2)NCCN(CC2=CCc4ccccc42)C3=O)n1. The van der Waals surface area contributed by atoms with Gasteiger partial charge in [-0.15, -0.1) is 0 Å². The van der Waals surface area contributed by atoms with Crippen LogP contribution in [0.3, 0.4) is 0 Å². The number of piperidine rings is 1. The average molecular weight is 390 g/mol. The summed E-state index contributed by atoms with van der Waals surface area (Å²) >= 11 is 0. The van der Waals surface area contributed by atoms with Gasteiger partial charge < -0.3 is 15.1 Å². The molecule has 2 saturated heterocycles. The van der Waals surface area contributed by atoms with Crippen LogP contribution in [0.5, 0.6) is 0 Å². The van der Waals surface area contributed by atoms with Crippen molar-refractivity contribution in [2.45, 2.75) is 31.7 Å². The first kappa shape index (κ1) is 18.3. The summed E-state index contributed by atoms with van der Waals surface area (Å²) in [5.41, 5.74) is 4.48. The van der Waals surface area contributed by atoms with Crippen molar-refractivity contribution in [1.82, 2.24) is 20.2 Å². The molecule has 1 aliphatic carbocycles. The van der Waals surface area contributed by atoms with Crippen LogP contribution >= 0.6 is 0 Å². The second-order valence-corrected chi connectivity index (χ2v) is 8.31. The number of amides is 1. The predicted molar refractivity (Wildman–Crippen MR) is 114 cm³/mol. The summed E-state index contributed by atoms with van der Waals surface area (Å²) in [7, 11) is 0. The molecule has 0 bridgehead atoms. The van der Waals surface area contributed by atoms with Gasteiger partial charge in [-0.05, 0) is 49.0 Å². The Morgan fingerprint density at radius 2 is 1.97 bits per heavy atom. The van der Waals surface area contributed by atoms with Gasteiger partial charge in [0.1, 0.15) is 5.54 Å². The fraction of sp³-hybridized carbons (Fsp3) is 0.435. The van der Waals surface area contributed by atoms with E-state index in [2.05, 4.69) is 55.4 Å². The molecule has 3 aliphatic rings. The van der Waals surface area contributed by atoms with Gasteiger partial charge in [-0.2, -0.15) is 0 Å². The van der Waals surface area contributed by atoms with Crippen molar-refractivity contribution < 1.29 is 4.79 Å². The predicted octanol–water partition coefficient (Wildman–Crippen LogP) is 2.20. The van der Waals surface area contributed by atoms with Gasteiger partial charge in [-0.1, -0.05) is 30.3 Å². The first-order valence-electron chi connectivity index (χ1n) is 10.5. The standard InChI is InChI=1S/C23H27N5O/c1-17-8-11-24-22(26-17)27-13-9-23(10-14-27)21(29)28(15-12-25-23)16-19-7-6-18-4-2-3-5-20(18)19/h2-5,7-8,11,25H,6,9-10,12-16H2,1H3. The van der Waals surface area contributed by atoms with Crippen molar-refractivity contribution in [3.63, 3.8) is 0 Å². The zero-order valence-corrected chi connectivity index (χ0v) is 16.9. The molecule has 6 nitrogen and oxygen atoms in total. The minimum absolute atomic E-state index is 0.249. The van der Waals surface area contributed by atoms with E-state index in [1.54, 1.807) is 6.20 Å². The van der Waals surface area contributed by atoms with Gasteiger partial charge >= 0.3 is 0 Å². The Bertz CT molecular complexity index is 961. The zero-order valence-electron chi connectivity index (χ0n) is 16.9. The number of fused-ring (bicyclic) bond motifs is 1. The number of nitrogens with zero attached hydrogens (tertiary/aromatic N) is 4. The number of hydrogen-bond acceptors (Lipinski definition) is 5. The smallest absolute Gasteiger partial charge is 0.243 e. The lowest BCUT2D eigenvalue weighted by molar-refractivity contribution is -0.141. The molecule has 1 aromatic heterocycles. The highest BCUT2D eigenvalue weighted by molar-refractivity contribution is 5.89. The van der Waals surface area contributed by atoms with Crippen LogP contribution in [-0.2, 0) is 11.2 Å². The molecule has 2 aliphatic heterocycles. The van der Waals surface area contributed by atoms with E-state index in [0.717, 1.165) is 57.1 Å². The zero-order chi connectivity index (χ0) is 19.8. The molecule has 1 aromatic carbocycles.